The summed E-state index contributed by atoms with van der Waals surface area (Å²) in [6.45, 7) is 0. The molecule has 0 aliphatic carbocycles. The van der Waals surface area contributed by atoms with Crippen molar-refractivity contribution >= 4 is 17.1 Å². The molecule has 0 bridgehead atoms. The molecule has 2 aromatic rings. The Balaban J connectivity index is 3.02. The van der Waals surface area contributed by atoms with E-state index in [9.17, 15) is 4.79 Å². The van der Waals surface area contributed by atoms with Crippen LogP contribution in [0.25, 0.3) is 5.52 Å². The van der Waals surface area contributed by atoms with Crippen molar-refractivity contribution in [3.63, 3.8) is 0 Å². The minimum atomic E-state index is -0.188. The Hall–Kier alpha value is -1.29. The van der Waals surface area contributed by atoms with Gasteiger partial charge in [0.2, 0.25) is 0 Å². The quantitative estimate of drug-likeness (QED) is 0.631. The third-order valence-electron chi connectivity index (χ3n) is 1.38. The Morgan fingerprint density at radius 1 is 1.64 bits per heavy atom. The number of rotatable bonds is 0. The highest BCUT2D eigenvalue weighted by molar-refractivity contribution is 6.31. The van der Waals surface area contributed by atoms with E-state index in [1.807, 2.05) is 0 Å². The second-order valence-electron chi connectivity index (χ2n) is 2.11. The van der Waals surface area contributed by atoms with Gasteiger partial charge in [-0.15, -0.1) is 0 Å². The van der Waals surface area contributed by atoms with Gasteiger partial charge in [-0.05, 0) is 6.07 Å². The van der Waals surface area contributed by atoms with Crippen LogP contribution < -0.4 is 5.56 Å². The maximum Gasteiger partial charge on any atom is 0.275 e. The van der Waals surface area contributed by atoms with E-state index in [1.165, 1.54) is 10.8 Å². The van der Waals surface area contributed by atoms with Crippen LogP contribution in [-0.4, -0.2) is 14.6 Å². The van der Waals surface area contributed by atoms with Gasteiger partial charge < -0.3 is 4.98 Å². The zero-order valence-electron chi connectivity index (χ0n) is 5.41. The first-order valence-corrected chi connectivity index (χ1v) is 3.37. The van der Waals surface area contributed by atoms with Crippen molar-refractivity contribution in [3.05, 3.63) is 34.0 Å². The number of aromatic nitrogens is 3. The molecule has 0 radical (unpaired) electrons. The molecule has 0 atom stereocenters. The van der Waals surface area contributed by atoms with Crippen LogP contribution in [0.4, 0.5) is 0 Å². The van der Waals surface area contributed by atoms with E-state index >= 15 is 0 Å². The smallest absolute Gasteiger partial charge is 0.275 e. The summed E-state index contributed by atoms with van der Waals surface area (Å²) in [6, 6.07) is 1.56. The van der Waals surface area contributed by atoms with Crippen molar-refractivity contribution in [2.24, 2.45) is 0 Å². The first kappa shape index (κ1) is 6.42. The lowest BCUT2D eigenvalue weighted by Crippen LogP contribution is -2.09. The molecule has 0 aromatic carbocycles. The SMILES string of the molecule is O=c1[nH]cnn2cc(Cl)cc12. The van der Waals surface area contributed by atoms with Crippen LogP contribution in [0.1, 0.15) is 0 Å². The molecule has 0 aliphatic rings. The maximum absolute atomic E-state index is 11.0. The van der Waals surface area contributed by atoms with Gasteiger partial charge in [0.15, 0.2) is 0 Å². The van der Waals surface area contributed by atoms with Crippen molar-refractivity contribution in [1.29, 1.82) is 0 Å². The molecule has 2 rings (SSSR count). The Morgan fingerprint density at radius 3 is 3.18 bits per heavy atom. The van der Waals surface area contributed by atoms with Gasteiger partial charge in [-0.3, -0.25) is 4.79 Å². The molecule has 0 saturated heterocycles. The number of nitrogens with one attached hydrogen (secondary N) is 1. The van der Waals surface area contributed by atoms with Crippen molar-refractivity contribution in [3.8, 4) is 0 Å². The molecule has 1 N–H and O–H groups in total. The average Bonchev–Trinajstić information content (AvgIpc) is 2.31. The summed E-state index contributed by atoms with van der Waals surface area (Å²) in [6.07, 6.45) is 2.90. The first-order chi connectivity index (χ1) is 5.27. The topological polar surface area (TPSA) is 50.2 Å². The van der Waals surface area contributed by atoms with Crippen molar-refractivity contribution in [2.75, 3.05) is 0 Å². The largest absolute Gasteiger partial charge is 0.310 e. The molecular weight excluding hydrogens is 166 g/mol. The summed E-state index contributed by atoms with van der Waals surface area (Å²) in [4.78, 5) is 13.5. The van der Waals surface area contributed by atoms with Crippen LogP contribution in [0.2, 0.25) is 5.02 Å². The van der Waals surface area contributed by atoms with Crippen LogP contribution in [-0.2, 0) is 0 Å². The van der Waals surface area contributed by atoms with Gasteiger partial charge in [0, 0.05) is 6.20 Å². The Morgan fingerprint density at radius 2 is 2.45 bits per heavy atom. The molecule has 0 fully saturated rings. The molecule has 2 aromatic heterocycles. The zero-order chi connectivity index (χ0) is 7.84. The Labute approximate surface area is 66.4 Å². The van der Waals surface area contributed by atoms with Gasteiger partial charge in [-0.25, -0.2) is 4.52 Å². The number of aromatic amines is 1. The minimum absolute atomic E-state index is 0.188. The van der Waals surface area contributed by atoms with Crippen LogP contribution in [0.3, 0.4) is 0 Å². The molecule has 56 valence electrons. The van der Waals surface area contributed by atoms with Gasteiger partial charge in [0.1, 0.15) is 11.8 Å². The van der Waals surface area contributed by atoms with Gasteiger partial charge >= 0.3 is 0 Å². The lowest BCUT2D eigenvalue weighted by Gasteiger charge is -1.87. The van der Waals surface area contributed by atoms with Gasteiger partial charge in [-0.1, -0.05) is 11.6 Å². The third-order valence-corrected chi connectivity index (χ3v) is 1.58. The number of nitrogens with zero attached hydrogens (tertiary/aromatic N) is 2. The highest BCUT2D eigenvalue weighted by atomic mass is 35.5. The molecular formula is C6H4ClN3O. The predicted molar refractivity (Wildman–Crippen MR) is 40.8 cm³/mol. The van der Waals surface area contributed by atoms with Crippen LogP contribution in [0.15, 0.2) is 23.4 Å². The normalized spacial score (nSPS) is 10.6. The summed E-state index contributed by atoms with van der Waals surface area (Å²) >= 11 is 5.64. The van der Waals surface area contributed by atoms with Crippen molar-refractivity contribution in [2.45, 2.75) is 0 Å². The summed E-state index contributed by atoms with van der Waals surface area (Å²) in [5, 5.41) is 4.35. The molecule has 4 nitrogen and oxygen atoms in total. The lowest BCUT2D eigenvalue weighted by atomic mass is 10.5. The van der Waals surface area contributed by atoms with Crippen LogP contribution in [0, 0.1) is 0 Å². The molecule has 0 saturated carbocycles. The van der Waals surface area contributed by atoms with E-state index in [0.717, 1.165) is 0 Å². The summed E-state index contributed by atoms with van der Waals surface area (Å²) < 4.78 is 1.43. The molecule has 11 heavy (non-hydrogen) atoms. The van der Waals surface area contributed by atoms with E-state index in [0.29, 0.717) is 10.5 Å². The third kappa shape index (κ3) is 0.914. The lowest BCUT2D eigenvalue weighted by molar-refractivity contribution is 0.889. The second kappa shape index (κ2) is 2.10. The van der Waals surface area contributed by atoms with Gasteiger partial charge in [0.25, 0.3) is 5.56 Å². The minimum Gasteiger partial charge on any atom is -0.310 e. The second-order valence-corrected chi connectivity index (χ2v) is 2.54. The molecule has 0 unspecified atom stereocenters. The molecule has 0 amide bonds. The Kier molecular flexibility index (Phi) is 1.22. The monoisotopic (exact) mass is 169 g/mol. The summed E-state index contributed by atoms with van der Waals surface area (Å²) in [5.74, 6) is 0. The number of hydrogen-bond donors (Lipinski definition) is 1. The number of fused-ring (bicyclic) bond motifs is 1. The molecule has 0 spiro atoms. The Bertz CT molecular complexity index is 444. The van der Waals surface area contributed by atoms with Crippen molar-refractivity contribution in [1.82, 2.24) is 14.6 Å². The fourth-order valence-electron chi connectivity index (χ4n) is 0.909. The molecule has 5 heteroatoms. The molecule has 0 aliphatic heterocycles. The summed E-state index contributed by atoms with van der Waals surface area (Å²) in [5.41, 5.74) is 0.268. The number of halogens is 1. The molecule has 2 heterocycles. The zero-order valence-corrected chi connectivity index (χ0v) is 6.17. The van der Waals surface area contributed by atoms with E-state index < -0.39 is 0 Å². The van der Waals surface area contributed by atoms with E-state index in [1.54, 1.807) is 12.3 Å². The van der Waals surface area contributed by atoms with Crippen molar-refractivity contribution < 1.29 is 0 Å². The fraction of sp³-hybridized carbons (Fsp3) is 0. The predicted octanol–water partition coefficient (Wildman–Crippen LogP) is 0.676. The fourth-order valence-corrected chi connectivity index (χ4v) is 1.10. The van der Waals surface area contributed by atoms with Gasteiger partial charge in [-0.2, -0.15) is 5.10 Å². The maximum atomic E-state index is 11.0. The number of hydrogen-bond acceptors (Lipinski definition) is 2. The average molecular weight is 170 g/mol. The van der Waals surface area contributed by atoms with E-state index in [4.69, 9.17) is 11.6 Å². The highest BCUT2D eigenvalue weighted by Crippen LogP contribution is 2.09. The van der Waals surface area contributed by atoms with E-state index in [-0.39, 0.29) is 5.56 Å². The summed E-state index contributed by atoms with van der Waals surface area (Å²) in [7, 11) is 0. The van der Waals surface area contributed by atoms with Gasteiger partial charge in [0.05, 0.1) is 5.02 Å². The van der Waals surface area contributed by atoms with Crippen LogP contribution >= 0.6 is 11.6 Å². The first-order valence-electron chi connectivity index (χ1n) is 2.99. The van der Waals surface area contributed by atoms with Crippen LogP contribution in [0.5, 0.6) is 0 Å². The standard InChI is InChI=1S/C6H4ClN3O/c7-4-1-5-6(11)8-3-9-10(5)2-4/h1-3H,(H,8,9,11). The van der Waals surface area contributed by atoms with E-state index in [2.05, 4.69) is 10.1 Å². The number of H-pyrrole nitrogens is 1. The highest BCUT2D eigenvalue weighted by Gasteiger charge is 1.99.